The Kier molecular flexibility index (Phi) is 6.65. The van der Waals surface area contributed by atoms with Crippen LogP contribution in [0.1, 0.15) is 35.6 Å². The molecule has 2 aromatic rings. The van der Waals surface area contributed by atoms with Gasteiger partial charge >= 0.3 is 6.03 Å². The Labute approximate surface area is 150 Å². The molecular weight excluding hydrogens is 314 g/mol. The molecule has 5 heteroatoms. The predicted molar refractivity (Wildman–Crippen MR) is 101 cm³/mol. The number of likely N-dealkylation sites (N-methyl/N-ethyl adjacent to an activating group) is 1. The highest BCUT2D eigenvalue weighted by Gasteiger charge is 2.17. The summed E-state index contributed by atoms with van der Waals surface area (Å²) in [6.45, 7) is 6.38. The summed E-state index contributed by atoms with van der Waals surface area (Å²) in [5, 5.41) is 5.97. The van der Waals surface area contributed by atoms with Crippen LogP contribution in [0.25, 0.3) is 0 Å². The number of urea groups is 1. The van der Waals surface area contributed by atoms with Crippen molar-refractivity contribution in [2.24, 2.45) is 0 Å². The highest BCUT2D eigenvalue weighted by molar-refractivity contribution is 5.74. The SMILES string of the molecule is Cc1cc(C(C)NC(=O)NCC(Cc2ccccc2)N(C)C)c(C)o1. The summed E-state index contributed by atoms with van der Waals surface area (Å²) < 4.78 is 5.53. The first-order valence-electron chi connectivity index (χ1n) is 8.68. The standard InChI is InChI=1S/C20H29N3O2/c1-14-11-19(16(3)25-14)15(2)22-20(24)21-13-18(23(4)5)12-17-9-7-6-8-10-17/h6-11,15,18H,12-13H2,1-5H3,(H2,21,22,24). The Morgan fingerprint density at radius 2 is 1.88 bits per heavy atom. The molecule has 0 bridgehead atoms. The van der Waals surface area contributed by atoms with Crippen molar-refractivity contribution in [2.45, 2.75) is 39.3 Å². The molecular formula is C20H29N3O2. The first-order chi connectivity index (χ1) is 11.9. The van der Waals surface area contributed by atoms with Crippen LogP contribution in [0.3, 0.4) is 0 Å². The van der Waals surface area contributed by atoms with Crippen molar-refractivity contribution < 1.29 is 9.21 Å². The molecule has 0 spiro atoms. The minimum absolute atomic E-state index is 0.0932. The predicted octanol–water partition coefficient (Wildman–Crippen LogP) is 3.43. The van der Waals surface area contributed by atoms with E-state index in [1.165, 1.54) is 5.56 Å². The molecule has 25 heavy (non-hydrogen) atoms. The maximum absolute atomic E-state index is 12.3. The zero-order valence-electron chi connectivity index (χ0n) is 15.8. The fraction of sp³-hybridized carbons (Fsp3) is 0.450. The second-order valence-electron chi connectivity index (χ2n) is 6.75. The topological polar surface area (TPSA) is 57.5 Å². The van der Waals surface area contributed by atoms with E-state index in [4.69, 9.17) is 4.42 Å². The molecule has 0 saturated carbocycles. The van der Waals surface area contributed by atoms with Gasteiger partial charge < -0.3 is 20.0 Å². The van der Waals surface area contributed by atoms with Gasteiger partial charge in [-0.05, 0) is 52.9 Å². The molecule has 2 amide bonds. The average molecular weight is 343 g/mol. The Hall–Kier alpha value is -2.27. The third-order valence-electron chi connectivity index (χ3n) is 4.44. The molecule has 2 N–H and O–H groups in total. The summed E-state index contributed by atoms with van der Waals surface area (Å²) >= 11 is 0. The van der Waals surface area contributed by atoms with Gasteiger partial charge in [0.2, 0.25) is 0 Å². The fourth-order valence-corrected chi connectivity index (χ4v) is 2.94. The summed E-state index contributed by atoms with van der Waals surface area (Å²) in [4.78, 5) is 14.4. The van der Waals surface area contributed by atoms with Crippen LogP contribution in [0, 0.1) is 13.8 Å². The summed E-state index contributed by atoms with van der Waals surface area (Å²) in [6, 6.07) is 12.3. The van der Waals surface area contributed by atoms with Crippen molar-refractivity contribution in [2.75, 3.05) is 20.6 Å². The third-order valence-corrected chi connectivity index (χ3v) is 4.44. The Bertz CT molecular complexity index is 680. The van der Waals surface area contributed by atoms with Gasteiger partial charge in [-0.15, -0.1) is 0 Å². The fourth-order valence-electron chi connectivity index (χ4n) is 2.94. The van der Waals surface area contributed by atoms with Gasteiger partial charge in [0.25, 0.3) is 0 Å². The highest BCUT2D eigenvalue weighted by Crippen LogP contribution is 2.20. The van der Waals surface area contributed by atoms with Crippen LogP contribution >= 0.6 is 0 Å². The maximum atomic E-state index is 12.3. The Morgan fingerprint density at radius 3 is 2.44 bits per heavy atom. The van der Waals surface area contributed by atoms with Crippen molar-refractivity contribution in [1.29, 1.82) is 0 Å². The van der Waals surface area contributed by atoms with Gasteiger partial charge in [0.1, 0.15) is 11.5 Å². The van der Waals surface area contributed by atoms with Gasteiger partial charge in [0.15, 0.2) is 0 Å². The monoisotopic (exact) mass is 343 g/mol. The van der Waals surface area contributed by atoms with Crippen LogP contribution in [0.2, 0.25) is 0 Å². The van der Waals surface area contributed by atoms with E-state index < -0.39 is 0 Å². The van der Waals surface area contributed by atoms with E-state index in [0.717, 1.165) is 23.5 Å². The van der Waals surface area contributed by atoms with Crippen LogP contribution < -0.4 is 10.6 Å². The first-order valence-corrected chi connectivity index (χ1v) is 8.68. The normalized spacial score (nSPS) is 13.5. The van der Waals surface area contributed by atoms with Gasteiger partial charge in [-0.1, -0.05) is 30.3 Å². The molecule has 0 aliphatic carbocycles. The van der Waals surface area contributed by atoms with E-state index in [0.29, 0.717) is 6.54 Å². The lowest BCUT2D eigenvalue weighted by atomic mass is 10.1. The Morgan fingerprint density at radius 1 is 1.20 bits per heavy atom. The van der Waals surface area contributed by atoms with Crippen molar-refractivity contribution >= 4 is 6.03 Å². The zero-order chi connectivity index (χ0) is 18.4. The lowest BCUT2D eigenvalue weighted by Crippen LogP contribution is -2.45. The van der Waals surface area contributed by atoms with Crippen molar-refractivity contribution in [3.63, 3.8) is 0 Å². The quantitative estimate of drug-likeness (QED) is 0.810. The van der Waals surface area contributed by atoms with Gasteiger partial charge in [0, 0.05) is 18.2 Å². The van der Waals surface area contributed by atoms with E-state index in [1.54, 1.807) is 0 Å². The number of carbonyl (C=O) groups excluding carboxylic acids is 1. The van der Waals surface area contributed by atoms with Crippen LogP contribution in [-0.4, -0.2) is 37.6 Å². The first kappa shape index (κ1) is 19.1. The van der Waals surface area contributed by atoms with Crippen LogP contribution in [0.5, 0.6) is 0 Å². The number of furan rings is 1. The van der Waals surface area contributed by atoms with E-state index in [1.807, 2.05) is 59.1 Å². The second kappa shape index (κ2) is 8.72. The lowest BCUT2D eigenvalue weighted by molar-refractivity contribution is 0.229. The van der Waals surface area contributed by atoms with E-state index >= 15 is 0 Å². The average Bonchev–Trinajstić information content (AvgIpc) is 2.90. The number of aryl methyl sites for hydroxylation is 2. The van der Waals surface area contributed by atoms with Crippen molar-refractivity contribution in [1.82, 2.24) is 15.5 Å². The number of nitrogens with zero attached hydrogens (tertiary/aromatic N) is 1. The minimum Gasteiger partial charge on any atom is -0.466 e. The van der Waals surface area contributed by atoms with Gasteiger partial charge in [-0.2, -0.15) is 0 Å². The van der Waals surface area contributed by atoms with E-state index in [-0.39, 0.29) is 18.1 Å². The maximum Gasteiger partial charge on any atom is 0.315 e. The third kappa shape index (κ3) is 5.64. The second-order valence-corrected chi connectivity index (χ2v) is 6.75. The molecule has 1 aromatic heterocycles. The number of benzene rings is 1. The summed E-state index contributed by atoms with van der Waals surface area (Å²) in [6.07, 6.45) is 0.893. The molecule has 0 fully saturated rings. The molecule has 0 saturated heterocycles. The molecule has 1 heterocycles. The van der Waals surface area contributed by atoms with Crippen LogP contribution in [-0.2, 0) is 6.42 Å². The number of hydrogen-bond donors (Lipinski definition) is 2. The van der Waals surface area contributed by atoms with Crippen LogP contribution in [0.15, 0.2) is 40.8 Å². The largest absolute Gasteiger partial charge is 0.466 e. The number of nitrogens with one attached hydrogen (secondary N) is 2. The van der Waals surface area contributed by atoms with Crippen LogP contribution in [0.4, 0.5) is 4.79 Å². The molecule has 0 aliphatic heterocycles. The summed E-state index contributed by atoms with van der Waals surface area (Å²) in [5.74, 6) is 1.71. The summed E-state index contributed by atoms with van der Waals surface area (Å²) in [5.41, 5.74) is 2.28. The summed E-state index contributed by atoms with van der Waals surface area (Å²) in [7, 11) is 4.07. The highest BCUT2D eigenvalue weighted by atomic mass is 16.3. The number of rotatable bonds is 7. The molecule has 2 unspecified atom stereocenters. The van der Waals surface area contributed by atoms with Crippen molar-refractivity contribution in [3.05, 3.63) is 59.0 Å². The molecule has 0 aliphatic rings. The zero-order valence-corrected chi connectivity index (χ0v) is 15.8. The van der Waals surface area contributed by atoms with E-state index in [2.05, 4.69) is 27.7 Å². The molecule has 5 nitrogen and oxygen atoms in total. The van der Waals surface area contributed by atoms with E-state index in [9.17, 15) is 4.79 Å². The van der Waals surface area contributed by atoms with Gasteiger partial charge in [-0.3, -0.25) is 0 Å². The van der Waals surface area contributed by atoms with Crippen molar-refractivity contribution in [3.8, 4) is 0 Å². The molecule has 0 radical (unpaired) electrons. The number of amides is 2. The number of carbonyl (C=O) groups is 1. The number of hydrogen-bond acceptors (Lipinski definition) is 3. The Balaban J connectivity index is 1.87. The smallest absolute Gasteiger partial charge is 0.315 e. The lowest BCUT2D eigenvalue weighted by Gasteiger charge is -2.25. The van der Waals surface area contributed by atoms with Gasteiger partial charge in [0.05, 0.1) is 6.04 Å². The molecule has 136 valence electrons. The minimum atomic E-state index is -0.161. The molecule has 2 atom stereocenters. The molecule has 2 rings (SSSR count). The van der Waals surface area contributed by atoms with Gasteiger partial charge in [-0.25, -0.2) is 4.79 Å². The molecule has 1 aromatic carbocycles.